The smallest absolute Gasteiger partial charge is 0.198 e. The molecule has 0 aromatic carbocycles. The molecule has 0 amide bonds. The van der Waals surface area contributed by atoms with Crippen molar-refractivity contribution in [2.24, 2.45) is 0 Å². The summed E-state index contributed by atoms with van der Waals surface area (Å²) in [5, 5.41) is 2.09. The van der Waals surface area contributed by atoms with Gasteiger partial charge in [-0.3, -0.25) is 0 Å². The van der Waals surface area contributed by atoms with Crippen LogP contribution in [0.25, 0.3) is 0 Å². The standard InChI is InChI=1S/C12H16O2S/c1-2-8-13-12(7-1)14-9-3-5-11-6-4-10-15-11/h3-4,6,9-10,12H,1-2,5,7-8H2/b9-3-. The summed E-state index contributed by atoms with van der Waals surface area (Å²) in [6.07, 6.45) is 8.15. The lowest BCUT2D eigenvalue weighted by Crippen LogP contribution is -2.19. The van der Waals surface area contributed by atoms with Gasteiger partial charge < -0.3 is 9.47 Å². The number of ether oxygens (including phenoxy) is 2. The third-order valence-corrected chi connectivity index (χ3v) is 3.26. The molecule has 0 radical (unpaired) electrons. The highest BCUT2D eigenvalue weighted by Gasteiger charge is 2.12. The van der Waals surface area contributed by atoms with Crippen LogP contribution in [0, 0.1) is 0 Å². The van der Waals surface area contributed by atoms with Gasteiger partial charge in [0, 0.05) is 17.7 Å². The summed E-state index contributed by atoms with van der Waals surface area (Å²) < 4.78 is 10.9. The fourth-order valence-corrected chi connectivity index (χ4v) is 2.24. The van der Waals surface area contributed by atoms with Crippen molar-refractivity contribution in [3.63, 3.8) is 0 Å². The Morgan fingerprint density at radius 2 is 2.53 bits per heavy atom. The van der Waals surface area contributed by atoms with Crippen LogP contribution < -0.4 is 0 Å². The van der Waals surface area contributed by atoms with Crippen LogP contribution in [0.3, 0.4) is 0 Å². The van der Waals surface area contributed by atoms with Crippen LogP contribution in [0.4, 0.5) is 0 Å². The second-order valence-electron chi connectivity index (χ2n) is 3.59. The predicted octanol–water partition coefficient (Wildman–Crippen LogP) is 3.35. The van der Waals surface area contributed by atoms with Crippen molar-refractivity contribution in [3.05, 3.63) is 34.7 Å². The maximum Gasteiger partial charge on any atom is 0.198 e. The number of hydrogen-bond donors (Lipinski definition) is 0. The number of allylic oxidation sites excluding steroid dienone is 1. The Balaban J connectivity index is 1.66. The van der Waals surface area contributed by atoms with Gasteiger partial charge >= 0.3 is 0 Å². The lowest BCUT2D eigenvalue weighted by Gasteiger charge is -2.21. The van der Waals surface area contributed by atoms with Gasteiger partial charge in [-0.05, 0) is 30.4 Å². The molecule has 0 spiro atoms. The Morgan fingerprint density at radius 1 is 1.53 bits per heavy atom. The van der Waals surface area contributed by atoms with E-state index in [4.69, 9.17) is 9.47 Å². The van der Waals surface area contributed by atoms with Gasteiger partial charge in [-0.1, -0.05) is 6.07 Å². The van der Waals surface area contributed by atoms with Crippen LogP contribution in [0.1, 0.15) is 24.1 Å². The van der Waals surface area contributed by atoms with E-state index in [1.54, 1.807) is 17.6 Å². The summed E-state index contributed by atoms with van der Waals surface area (Å²) >= 11 is 1.77. The molecule has 1 aliphatic rings. The molecule has 2 nitrogen and oxygen atoms in total. The van der Waals surface area contributed by atoms with Crippen molar-refractivity contribution in [3.8, 4) is 0 Å². The molecule has 0 N–H and O–H groups in total. The Bertz CT molecular complexity index is 287. The molecule has 2 heterocycles. The SMILES string of the molecule is C(=C/OC1CCCCO1)/Cc1cccs1. The van der Waals surface area contributed by atoms with E-state index in [9.17, 15) is 0 Å². The Hall–Kier alpha value is -0.800. The molecule has 0 aliphatic carbocycles. The van der Waals surface area contributed by atoms with Crippen molar-refractivity contribution in [2.75, 3.05) is 6.61 Å². The molecule has 2 rings (SSSR count). The van der Waals surface area contributed by atoms with Gasteiger partial charge in [0.05, 0.1) is 12.9 Å². The first-order valence-electron chi connectivity index (χ1n) is 5.39. The summed E-state index contributed by atoms with van der Waals surface area (Å²) in [6, 6.07) is 4.20. The lowest BCUT2D eigenvalue weighted by molar-refractivity contribution is -0.129. The highest BCUT2D eigenvalue weighted by Crippen LogP contribution is 2.14. The molecular formula is C12H16O2S. The van der Waals surface area contributed by atoms with Crippen LogP contribution in [0.15, 0.2) is 29.9 Å². The van der Waals surface area contributed by atoms with Crippen LogP contribution in [-0.4, -0.2) is 12.9 Å². The zero-order valence-electron chi connectivity index (χ0n) is 8.72. The molecule has 1 aliphatic heterocycles. The average Bonchev–Trinajstić information content (AvgIpc) is 2.79. The highest BCUT2D eigenvalue weighted by molar-refractivity contribution is 7.09. The first-order valence-corrected chi connectivity index (χ1v) is 6.27. The molecule has 1 fully saturated rings. The zero-order valence-corrected chi connectivity index (χ0v) is 9.54. The van der Waals surface area contributed by atoms with Crippen LogP contribution in [0.2, 0.25) is 0 Å². The highest BCUT2D eigenvalue weighted by atomic mass is 32.1. The monoisotopic (exact) mass is 224 g/mol. The summed E-state index contributed by atoms with van der Waals surface area (Å²) in [5.74, 6) is 0. The minimum Gasteiger partial charge on any atom is -0.473 e. The van der Waals surface area contributed by atoms with Gasteiger partial charge in [-0.2, -0.15) is 0 Å². The first-order chi connectivity index (χ1) is 7.45. The minimum absolute atomic E-state index is 0.0154. The average molecular weight is 224 g/mol. The van der Waals surface area contributed by atoms with Crippen molar-refractivity contribution < 1.29 is 9.47 Å². The summed E-state index contributed by atoms with van der Waals surface area (Å²) in [7, 11) is 0. The Labute approximate surface area is 94.5 Å². The molecular weight excluding hydrogens is 208 g/mol. The van der Waals surface area contributed by atoms with Gasteiger partial charge in [0.2, 0.25) is 0 Å². The van der Waals surface area contributed by atoms with Crippen molar-refractivity contribution in [1.82, 2.24) is 0 Å². The molecule has 82 valence electrons. The third-order valence-electron chi connectivity index (χ3n) is 2.36. The third kappa shape index (κ3) is 3.68. The topological polar surface area (TPSA) is 18.5 Å². The minimum atomic E-state index is -0.0154. The van der Waals surface area contributed by atoms with Crippen molar-refractivity contribution >= 4 is 11.3 Å². The second-order valence-corrected chi connectivity index (χ2v) is 4.62. The van der Waals surface area contributed by atoms with Gasteiger partial charge in [0.1, 0.15) is 0 Å². The summed E-state index contributed by atoms with van der Waals surface area (Å²) in [5.41, 5.74) is 0. The van der Waals surface area contributed by atoms with Crippen LogP contribution in [0.5, 0.6) is 0 Å². The van der Waals surface area contributed by atoms with E-state index in [2.05, 4.69) is 17.5 Å². The maximum absolute atomic E-state index is 5.48. The van der Waals surface area contributed by atoms with E-state index in [-0.39, 0.29) is 6.29 Å². The molecule has 15 heavy (non-hydrogen) atoms. The van der Waals surface area contributed by atoms with Gasteiger partial charge in [0.15, 0.2) is 6.29 Å². The van der Waals surface area contributed by atoms with Crippen LogP contribution >= 0.6 is 11.3 Å². The predicted molar refractivity (Wildman–Crippen MR) is 61.8 cm³/mol. The number of hydrogen-bond acceptors (Lipinski definition) is 3. The largest absolute Gasteiger partial charge is 0.473 e. The molecule has 0 saturated carbocycles. The van der Waals surface area contributed by atoms with E-state index < -0.39 is 0 Å². The van der Waals surface area contributed by atoms with Crippen molar-refractivity contribution in [1.29, 1.82) is 0 Å². The normalized spacial score (nSPS) is 22.0. The van der Waals surface area contributed by atoms with Gasteiger partial charge in [0.25, 0.3) is 0 Å². The van der Waals surface area contributed by atoms with E-state index >= 15 is 0 Å². The first kappa shape index (κ1) is 10.7. The quantitative estimate of drug-likeness (QED) is 0.730. The fourth-order valence-electron chi connectivity index (χ4n) is 1.55. The molecule has 0 bridgehead atoms. The van der Waals surface area contributed by atoms with E-state index in [0.717, 1.165) is 19.4 Å². The number of rotatable bonds is 4. The summed E-state index contributed by atoms with van der Waals surface area (Å²) in [6.45, 7) is 0.837. The second kappa shape index (κ2) is 5.93. The Morgan fingerprint density at radius 3 is 3.27 bits per heavy atom. The molecule has 1 unspecified atom stereocenters. The zero-order chi connectivity index (χ0) is 10.3. The molecule has 1 saturated heterocycles. The molecule has 1 aromatic heterocycles. The molecule has 3 heteroatoms. The summed E-state index contributed by atoms with van der Waals surface area (Å²) in [4.78, 5) is 1.36. The van der Waals surface area contributed by atoms with E-state index in [1.807, 2.05) is 6.08 Å². The fraction of sp³-hybridized carbons (Fsp3) is 0.500. The van der Waals surface area contributed by atoms with E-state index in [1.165, 1.54) is 17.7 Å². The van der Waals surface area contributed by atoms with Crippen LogP contribution in [-0.2, 0) is 15.9 Å². The van der Waals surface area contributed by atoms with Gasteiger partial charge in [-0.15, -0.1) is 11.3 Å². The van der Waals surface area contributed by atoms with Crippen molar-refractivity contribution in [2.45, 2.75) is 32.0 Å². The molecule has 1 aromatic rings. The lowest BCUT2D eigenvalue weighted by atomic mass is 10.2. The number of thiophene rings is 1. The Kier molecular flexibility index (Phi) is 4.23. The van der Waals surface area contributed by atoms with E-state index in [0.29, 0.717) is 0 Å². The van der Waals surface area contributed by atoms with Gasteiger partial charge in [-0.25, -0.2) is 0 Å². The maximum atomic E-state index is 5.48. The molecule has 1 atom stereocenters.